The summed E-state index contributed by atoms with van der Waals surface area (Å²) in [6, 6.07) is 12.2. The highest BCUT2D eigenvalue weighted by Crippen LogP contribution is 2.33. The van der Waals surface area contributed by atoms with E-state index in [0.29, 0.717) is 12.1 Å². The van der Waals surface area contributed by atoms with E-state index in [4.69, 9.17) is 4.74 Å². The number of urea groups is 1. The summed E-state index contributed by atoms with van der Waals surface area (Å²) in [6.45, 7) is 1.90. The largest absolute Gasteiger partial charge is 0.497 e. The second-order valence-corrected chi connectivity index (χ2v) is 8.52. The first-order valence-electron chi connectivity index (χ1n) is 9.71. The Hall–Kier alpha value is -2.87. The third kappa shape index (κ3) is 3.45. The zero-order chi connectivity index (χ0) is 21.5. The zero-order valence-electron chi connectivity index (χ0n) is 16.8. The number of nitrogens with zero attached hydrogens (tertiary/aromatic N) is 2. The van der Waals surface area contributed by atoms with E-state index in [0.717, 1.165) is 39.2 Å². The van der Waals surface area contributed by atoms with Crippen LogP contribution in [0.2, 0.25) is 0 Å². The summed E-state index contributed by atoms with van der Waals surface area (Å²) < 4.78 is 6.08. The van der Waals surface area contributed by atoms with Gasteiger partial charge in [0, 0.05) is 16.7 Å². The molecular formula is C22H22BrN3O4. The minimum atomic E-state index is -1.21. The molecule has 4 rings (SSSR count). The second kappa shape index (κ2) is 7.75. The lowest BCUT2D eigenvalue weighted by Crippen LogP contribution is -2.46. The summed E-state index contributed by atoms with van der Waals surface area (Å²) in [4.78, 5) is 41.5. The molecule has 8 heteroatoms. The van der Waals surface area contributed by atoms with Gasteiger partial charge in [0.05, 0.1) is 7.11 Å². The van der Waals surface area contributed by atoms with E-state index in [1.807, 2.05) is 24.3 Å². The first kappa shape index (κ1) is 20.4. The smallest absolute Gasteiger partial charge is 0.325 e. The molecule has 0 aromatic heterocycles. The number of benzene rings is 2. The Morgan fingerprint density at radius 1 is 1.23 bits per heavy atom. The molecule has 0 bridgehead atoms. The van der Waals surface area contributed by atoms with Gasteiger partial charge < -0.3 is 15.0 Å². The van der Waals surface area contributed by atoms with Gasteiger partial charge in [-0.25, -0.2) is 4.79 Å². The van der Waals surface area contributed by atoms with E-state index in [9.17, 15) is 14.4 Å². The highest BCUT2D eigenvalue weighted by molar-refractivity contribution is 9.10. The topological polar surface area (TPSA) is 79.0 Å². The van der Waals surface area contributed by atoms with Crippen LogP contribution in [0.3, 0.4) is 0 Å². The molecule has 0 radical (unpaired) electrons. The summed E-state index contributed by atoms with van der Waals surface area (Å²) in [7, 11) is 1.60. The Morgan fingerprint density at radius 2 is 2.03 bits per heavy atom. The van der Waals surface area contributed by atoms with Gasteiger partial charge in [-0.15, -0.1) is 0 Å². The van der Waals surface area contributed by atoms with Crippen LogP contribution in [0.15, 0.2) is 46.9 Å². The van der Waals surface area contributed by atoms with Gasteiger partial charge in [-0.2, -0.15) is 0 Å². The van der Waals surface area contributed by atoms with Gasteiger partial charge in [0.15, 0.2) is 0 Å². The van der Waals surface area contributed by atoms with Crippen molar-refractivity contribution in [3.63, 3.8) is 0 Å². The number of nitrogens with one attached hydrogen (secondary N) is 1. The molecule has 1 atom stereocenters. The standard InChI is InChI=1S/C22H22BrN3O4/c1-22(15-6-3-7-16(23)12-15)20(28)26(21(29)24-22)13-19(27)25-10-4-5-14-11-17(30-2)8-9-18(14)25/h3,6-9,11-12H,4-5,10,13H2,1-2H3,(H,24,29). The molecule has 1 fully saturated rings. The van der Waals surface area contributed by atoms with E-state index < -0.39 is 17.5 Å². The molecule has 0 aliphatic carbocycles. The molecule has 2 aliphatic heterocycles. The van der Waals surface area contributed by atoms with Crippen LogP contribution < -0.4 is 15.0 Å². The van der Waals surface area contributed by atoms with Crippen molar-refractivity contribution >= 4 is 39.5 Å². The monoisotopic (exact) mass is 471 g/mol. The number of aryl methyl sites for hydroxylation is 1. The van der Waals surface area contributed by atoms with Gasteiger partial charge >= 0.3 is 6.03 Å². The Labute approximate surface area is 183 Å². The number of ether oxygens (including phenoxy) is 1. The number of halogens is 1. The maximum absolute atomic E-state index is 13.1. The van der Waals surface area contributed by atoms with Gasteiger partial charge in [-0.3, -0.25) is 14.5 Å². The highest BCUT2D eigenvalue weighted by Gasteiger charge is 2.49. The fraction of sp³-hybridized carbons (Fsp3) is 0.318. The molecule has 1 N–H and O–H groups in total. The van der Waals surface area contributed by atoms with Gasteiger partial charge in [0.25, 0.3) is 5.91 Å². The van der Waals surface area contributed by atoms with Crippen molar-refractivity contribution in [2.24, 2.45) is 0 Å². The van der Waals surface area contributed by atoms with Crippen molar-refractivity contribution in [3.05, 3.63) is 58.1 Å². The van der Waals surface area contributed by atoms with Crippen LogP contribution in [0.5, 0.6) is 5.75 Å². The summed E-state index contributed by atoms with van der Waals surface area (Å²) >= 11 is 3.39. The minimum absolute atomic E-state index is 0.289. The lowest BCUT2D eigenvalue weighted by atomic mass is 9.92. The number of amides is 4. The quantitative estimate of drug-likeness (QED) is 0.694. The molecule has 0 saturated carbocycles. The van der Waals surface area contributed by atoms with E-state index in [-0.39, 0.29) is 12.5 Å². The van der Waals surface area contributed by atoms with Crippen molar-refractivity contribution in [2.45, 2.75) is 25.3 Å². The number of fused-ring (bicyclic) bond motifs is 1. The molecule has 2 aromatic rings. The highest BCUT2D eigenvalue weighted by atomic mass is 79.9. The van der Waals surface area contributed by atoms with E-state index in [1.54, 1.807) is 37.1 Å². The Balaban J connectivity index is 1.56. The molecule has 1 unspecified atom stereocenters. The first-order chi connectivity index (χ1) is 14.3. The Morgan fingerprint density at radius 3 is 2.77 bits per heavy atom. The van der Waals surface area contributed by atoms with Gasteiger partial charge in [0.2, 0.25) is 5.91 Å². The molecule has 0 spiro atoms. The molecule has 2 aromatic carbocycles. The first-order valence-corrected chi connectivity index (χ1v) is 10.5. The second-order valence-electron chi connectivity index (χ2n) is 7.60. The van der Waals surface area contributed by atoms with Crippen LogP contribution in [-0.4, -0.2) is 42.9 Å². The fourth-order valence-corrected chi connectivity index (χ4v) is 4.42. The molecule has 2 aliphatic rings. The predicted octanol–water partition coefficient (Wildman–Crippen LogP) is 3.20. The third-order valence-corrected chi connectivity index (χ3v) is 6.17. The summed E-state index contributed by atoms with van der Waals surface area (Å²) in [6.07, 6.45) is 1.65. The maximum atomic E-state index is 13.1. The Bertz CT molecular complexity index is 1040. The van der Waals surface area contributed by atoms with E-state index in [1.165, 1.54) is 0 Å². The zero-order valence-corrected chi connectivity index (χ0v) is 18.4. The van der Waals surface area contributed by atoms with Crippen LogP contribution in [-0.2, 0) is 21.5 Å². The summed E-state index contributed by atoms with van der Waals surface area (Å²) in [5, 5.41) is 2.75. The van der Waals surface area contributed by atoms with Crippen LogP contribution in [0, 0.1) is 0 Å². The minimum Gasteiger partial charge on any atom is -0.497 e. The van der Waals surface area contributed by atoms with Crippen molar-refractivity contribution in [3.8, 4) is 5.75 Å². The average Bonchev–Trinajstić information content (AvgIpc) is 2.96. The number of carbonyl (C=O) groups excluding carboxylic acids is 3. The molecule has 1 saturated heterocycles. The van der Waals surface area contributed by atoms with Crippen molar-refractivity contribution < 1.29 is 19.1 Å². The number of methoxy groups -OCH3 is 1. The van der Waals surface area contributed by atoms with Crippen LogP contribution in [0.25, 0.3) is 0 Å². The fourth-order valence-electron chi connectivity index (χ4n) is 4.02. The van der Waals surface area contributed by atoms with E-state index in [2.05, 4.69) is 21.2 Å². The number of anilines is 1. The van der Waals surface area contributed by atoms with Crippen LogP contribution in [0.4, 0.5) is 10.5 Å². The maximum Gasteiger partial charge on any atom is 0.325 e. The van der Waals surface area contributed by atoms with Crippen molar-refractivity contribution in [1.29, 1.82) is 0 Å². The molecule has 2 heterocycles. The number of carbonyl (C=O) groups is 3. The van der Waals surface area contributed by atoms with Gasteiger partial charge in [-0.05, 0) is 61.2 Å². The number of hydrogen-bond donors (Lipinski definition) is 1. The van der Waals surface area contributed by atoms with Gasteiger partial charge in [0.1, 0.15) is 17.8 Å². The number of hydrogen-bond acceptors (Lipinski definition) is 4. The molecular weight excluding hydrogens is 450 g/mol. The predicted molar refractivity (Wildman–Crippen MR) is 115 cm³/mol. The van der Waals surface area contributed by atoms with Crippen LogP contribution >= 0.6 is 15.9 Å². The van der Waals surface area contributed by atoms with Crippen LogP contribution in [0.1, 0.15) is 24.5 Å². The molecule has 4 amide bonds. The van der Waals surface area contributed by atoms with Crippen molar-refractivity contribution in [1.82, 2.24) is 10.2 Å². The average molecular weight is 472 g/mol. The summed E-state index contributed by atoms with van der Waals surface area (Å²) in [5.41, 5.74) is 1.26. The Kier molecular flexibility index (Phi) is 5.27. The lowest BCUT2D eigenvalue weighted by Gasteiger charge is -2.31. The number of rotatable bonds is 4. The van der Waals surface area contributed by atoms with Gasteiger partial charge in [-0.1, -0.05) is 28.1 Å². The molecule has 7 nitrogen and oxygen atoms in total. The molecule has 156 valence electrons. The molecule has 30 heavy (non-hydrogen) atoms. The lowest BCUT2D eigenvalue weighted by molar-refractivity contribution is -0.134. The third-order valence-electron chi connectivity index (χ3n) is 5.68. The van der Waals surface area contributed by atoms with E-state index >= 15 is 0 Å². The summed E-state index contributed by atoms with van der Waals surface area (Å²) in [5.74, 6) is 0.0101. The number of imide groups is 1. The SMILES string of the molecule is COc1ccc2c(c1)CCCN2C(=O)CN1C(=O)NC(C)(c2cccc(Br)c2)C1=O. The normalized spacial score (nSPS) is 20.8. The van der Waals surface area contributed by atoms with Crippen molar-refractivity contribution in [2.75, 3.05) is 25.1 Å².